The van der Waals surface area contributed by atoms with Crippen LogP contribution >= 0.6 is 12.2 Å². The van der Waals surface area contributed by atoms with Gasteiger partial charge in [-0.15, -0.1) is 0 Å². The predicted molar refractivity (Wildman–Crippen MR) is 135 cm³/mol. The molecule has 0 aliphatic carbocycles. The number of benzene rings is 2. The summed E-state index contributed by atoms with van der Waals surface area (Å²) >= 11 is 5.63. The summed E-state index contributed by atoms with van der Waals surface area (Å²) in [5.41, 5.74) is 3.03. The van der Waals surface area contributed by atoms with Crippen molar-refractivity contribution in [3.63, 3.8) is 0 Å². The molecule has 178 valence electrons. The van der Waals surface area contributed by atoms with E-state index in [1.807, 2.05) is 60.7 Å². The van der Waals surface area contributed by atoms with E-state index in [4.69, 9.17) is 17.0 Å². The largest absolute Gasteiger partial charge is 0.461 e. The van der Waals surface area contributed by atoms with E-state index in [9.17, 15) is 14.9 Å². The molecule has 35 heavy (non-hydrogen) atoms. The third kappa shape index (κ3) is 4.66. The van der Waals surface area contributed by atoms with Gasteiger partial charge >= 0.3 is 5.97 Å². The van der Waals surface area contributed by atoms with Crippen LogP contribution in [0.15, 0.2) is 60.8 Å². The van der Waals surface area contributed by atoms with Crippen LogP contribution in [0.1, 0.15) is 54.5 Å². The van der Waals surface area contributed by atoms with Crippen molar-refractivity contribution in [2.75, 3.05) is 11.5 Å². The lowest BCUT2D eigenvalue weighted by Gasteiger charge is -2.39. The predicted octanol–water partition coefficient (Wildman–Crippen LogP) is 4.27. The maximum Gasteiger partial charge on any atom is 0.359 e. The van der Waals surface area contributed by atoms with Gasteiger partial charge in [-0.2, -0.15) is 10.4 Å². The number of anilines is 1. The van der Waals surface area contributed by atoms with Crippen LogP contribution in [0.5, 0.6) is 0 Å². The number of hydrogen-bond donors (Lipinski definition) is 1. The number of rotatable bonds is 6. The summed E-state index contributed by atoms with van der Waals surface area (Å²) in [6, 6.07) is 19.0. The Hall–Kier alpha value is -4.03. The van der Waals surface area contributed by atoms with Crippen molar-refractivity contribution in [2.24, 2.45) is 5.92 Å². The fourth-order valence-electron chi connectivity index (χ4n) is 3.95. The maximum absolute atomic E-state index is 12.9. The van der Waals surface area contributed by atoms with Crippen molar-refractivity contribution in [3.8, 4) is 11.8 Å². The Labute approximate surface area is 209 Å². The first-order valence-electron chi connectivity index (χ1n) is 11.3. The van der Waals surface area contributed by atoms with Crippen molar-refractivity contribution >= 4 is 34.8 Å². The third-order valence-electron chi connectivity index (χ3n) is 5.78. The van der Waals surface area contributed by atoms with E-state index in [1.54, 1.807) is 22.7 Å². The number of nitriles is 1. The average Bonchev–Trinajstić information content (AvgIpc) is 3.30. The van der Waals surface area contributed by atoms with E-state index in [2.05, 4.69) is 24.3 Å². The van der Waals surface area contributed by atoms with E-state index >= 15 is 0 Å². The molecule has 0 spiro atoms. The Morgan fingerprint density at radius 2 is 1.86 bits per heavy atom. The van der Waals surface area contributed by atoms with Gasteiger partial charge in [0.15, 0.2) is 11.6 Å². The van der Waals surface area contributed by atoms with Gasteiger partial charge in [0.05, 0.1) is 18.4 Å². The van der Waals surface area contributed by atoms with Gasteiger partial charge in [0.1, 0.15) is 11.2 Å². The second-order valence-corrected chi connectivity index (χ2v) is 8.78. The zero-order chi connectivity index (χ0) is 25.1. The molecule has 9 heteroatoms. The van der Waals surface area contributed by atoms with Crippen LogP contribution in [0.4, 0.5) is 5.69 Å². The molecule has 1 saturated heterocycles. The van der Waals surface area contributed by atoms with Crippen LogP contribution in [0.2, 0.25) is 0 Å². The van der Waals surface area contributed by atoms with Crippen LogP contribution in [0.25, 0.3) is 5.69 Å². The molecule has 4 rings (SSSR count). The average molecular weight is 488 g/mol. The van der Waals surface area contributed by atoms with Gasteiger partial charge in [0.2, 0.25) is 5.91 Å². The number of aromatic nitrogens is 2. The van der Waals surface area contributed by atoms with Gasteiger partial charge < -0.3 is 15.0 Å². The second-order valence-electron chi connectivity index (χ2n) is 8.36. The lowest BCUT2D eigenvalue weighted by Crippen LogP contribution is -2.56. The highest BCUT2D eigenvalue weighted by atomic mass is 32.1. The lowest BCUT2D eigenvalue weighted by molar-refractivity contribution is -0.123. The Bertz CT molecular complexity index is 1290. The quantitative estimate of drug-likeness (QED) is 0.409. The molecule has 0 radical (unpaired) electrons. The summed E-state index contributed by atoms with van der Waals surface area (Å²) < 4.78 is 6.82. The number of carbonyl (C=O) groups excluding carboxylic acids is 2. The zero-order valence-electron chi connectivity index (χ0n) is 19.6. The first-order chi connectivity index (χ1) is 16.8. The van der Waals surface area contributed by atoms with E-state index < -0.39 is 24.0 Å². The molecule has 8 nitrogen and oxygen atoms in total. The minimum absolute atomic E-state index is 0.0583. The fourth-order valence-corrected chi connectivity index (χ4v) is 4.32. The van der Waals surface area contributed by atoms with Crippen LogP contribution in [-0.4, -0.2) is 33.3 Å². The molecule has 1 amide bonds. The molecular formula is C26H25N5O3S. The highest BCUT2D eigenvalue weighted by Gasteiger charge is 2.42. The van der Waals surface area contributed by atoms with Crippen LogP contribution < -0.4 is 10.2 Å². The first kappa shape index (κ1) is 24.1. The van der Waals surface area contributed by atoms with Crippen molar-refractivity contribution < 1.29 is 14.3 Å². The molecule has 2 heterocycles. The molecule has 2 aromatic carbocycles. The standard InChI is InChI=1S/C26H25N5O3S/c1-4-34-26(33)22-21(15-30(29-22)18-8-6-5-7-9-18)23-28-24(32)20(14-27)25(35)31(23)19-12-10-17(11-13-19)16(2)3/h5-13,15-16,20,23H,4H2,1-3H3,(H,28,32). The number of hydrogen-bond acceptors (Lipinski definition) is 6. The monoisotopic (exact) mass is 487 g/mol. The summed E-state index contributed by atoms with van der Waals surface area (Å²) in [4.78, 5) is 27.6. The van der Waals surface area contributed by atoms with Gasteiger partial charge in [0.25, 0.3) is 0 Å². The van der Waals surface area contributed by atoms with Crippen LogP contribution in [0, 0.1) is 17.2 Å². The summed E-state index contributed by atoms with van der Waals surface area (Å²) in [7, 11) is 0. The second kappa shape index (κ2) is 10.1. The summed E-state index contributed by atoms with van der Waals surface area (Å²) in [6.45, 7) is 6.07. The van der Waals surface area contributed by atoms with Gasteiger partial charge in [-0.3, -0.25) is 4.79 Å². The normalized spacial score (nSPS) is 17.7. The topological polar surface area (TPSA) is 100 Å². The molecule has 3 aromatic rings. The highest BCUT2D eigenvalue weighted by molar-refractivity contribution is 7.80. The van der Waals surface area contributed by atoms with E-state index in [-0.39, 0.29) is 17.3 Å². The Balaban J connectivity index is 1.86. The summed E-state index contributed by atoms with van der Waals surface area (Å²) in [5, 5.41) is 17.0. The van der Waals surface area contributed by atoms with E-state index in [0.717, 1.165) is 11.3 Å². The number of thiocarbonyl (C=S) groups is 1. The SMILES string of the molecule is CCOC(=O)c1nn(-c2ccccc2)cc1C1NC(=O)C(C#N)C(=S)N1c1ccc(C(C)C)cc1. The molecule has 1 fully saturated rings. The number of ether oxygens (including phenoxy) is 1. The van der Waals surface area contributed by atoms with Crippen LogP contribution in [-0.2, 0) is 9.53 Å². The summed E-state index contributed by atoms with van der Waals surface area (Å²) in [6.07, 6.45) is 0.818. The number of nitrogens with one attached hydrogen (secondary N) is 1. The molecule has 1 aromatic heterocycles. The minimum atomic E-state index is -1.14. The molecule has 2 unspecified atom stereocenters. The third-order valence-corrected chi connectivity index (χ3v) is 6.21. The highest BCUT2D eigenvalue weighted by Crippen LogP contribution is 2.34. The van der Waals surface area contributed by atoms with Gasteiger partial charge in [0, 0.05) is 17.4 Å². The lowest BCUT2D eigenvalue weighted by atomic mass is 9.99. The molecule has 0 bridgehead atoms. The van der Waals surface area contributed by atoms with Gasteiger partial charge in [-0.25, -0.2) is 9.48 Å². The number of esters is 1. The fraction of sp³-hybridized carbons (Fsp3) is 0.269. The van der Waals surface area contributed by atoms with Crippen molar-refractivity contribution in [1.82, 2.24) is 15.1 Å². The Morgan fingerprint density at radius 1 is 1.17 bits per heavy atom. The smallest absolute Gasteiger partial charge is 0.359 e. The minimum Gasteiger partial charge on any atom is -0.461 e. The number of amides is 1. The number of para-hydroxylation sites is 1. The Kier molecular flexibility index (Phi) is 6.94. The number of nitrogens with zero attached hydrogens (tertiary/aromatic N) is 4. The van der Waals surface area contributed by atoms with Crippen molar-refractivity contribution in [2.45, 2.75) is 32.9 Å². The Morgan fingerprint density at radius 3 is 2.46 bits per heavy atom. The van der Waals surface area contributed by atoms with Crippen molar-refractivity contribution in [3.05, 3.63) is 77.6 Å². The molecule has 1 aliphatic heterocycles. The molecule has 0 saturated carbocycles. The van der Waals surface area contributed by atoms with Gasteiger partial charge in [-0.05, 0) is 42.7 Å². The number of carbonyl (C=O) groups is 2. The zero-order valence-corrected chi connectivity index (χ0v) is 20.5. The molecular weight excluding hydrogens is 462 g/mol. The summed E-state index contributed by atoms with van der Waals surface area (Å²) in [5.74, 6) is -1.95. The molecule has 2 atom stereocenters. The van der Waals surface area contributed by atoms with E-state index in [1.165, 1.54) is 0 Å². The van der Waals surface area contributed by atoms with Gasteiger partial charge in [-0.1, -0.05) is 56.4 Å². The molecule has 1 aliphatic rings. The first-order valence-corrected chi connectivity index (χ1v) is 11.7. The molecule has 1 N–H and O–H groups in total. The van der Waals surface area contributed by atoms with E-state index in [0.29, 0.717) is 17.2 Å². The van der Waals surface area contributed by atoms with Crippen molar-refractivity contribution in [1.29, 1.82) is 5.26 Å². The van der Waals surface area contributed by atoms with Crippen LogP contribution in [0.3, 0.4) is 0 Å². The maximum atomic E-state index is 12.9.